The molecule has 0 amide bonds. The molecule has 128 valence electrons. The zero-order valence-electron chi connectivity index (χ0n) is 13.5. The number of guanidine groups is 1. The van der Waals surface area contributed by atoms with Crippen LogP contribution in [0.15, 0.2) is 64.8 Å². The Balaban J connectivity index is 2.35. The first-order valence-electron chi connectivity index (χ1n) is 7.23. The van der Waals surface area contributed by atoms with Crippen molar-refractivity contribution in [3.63, 3.8) is 0 Å². The fourth-order valence-electron chi connectivity index (χ4n) is 1.98. The van der Waals surface area contributed by atoms with Crippen molar-refractivity contribution in [3.8, 4) is 5.75 Å². The van der Waals surface area contributed by atoms with E-state index in [1.54, 1.807) is 55.7 Å². The summed E-state index contributed by atoms with van der Waals surface area (Å²) >= 11 is 0. The van der Waals surface area contributed by atoms with Gasteiger partial charge in [0.1, 0.15) is 5.75 Å². The molecule has 2 aromatic rings. The van der Waals surface area contributed by atoms with Crippen LogP contribution in [0.4, 0.5) is 5.69 Å². The summed E-state index contributed by atoms with van der Waals surface area (Å²) in [5.41, 5.74) is 12.6. The lowest BCUT2D eigenvalue weighted by molar-refractivity contribution is -0.384. The first-order valence-corrected chi connectivity index (χ1v) is 7.23. The van der Waals surface area contributed by atoms with Gasteiger partial charge in [-0.15, -0.1) is 10.2 Å². The molecule has 0 saturated heterocycles. The molecule has 0 fully saturated rings. The zero-order valence-corrected chi connectivity index (χ0v) is 13.5. The van der Waals surface area contributed by atoms with Crippen molar-refractivity contribution in [1.82, 2.24) is 0 Å². The summed E-state index contributed by atoms with van der Waals surface area (Å²) in [5.74, 6) is 0.530. The van der Waals surface area contributed by atoms with Crippen molar-refractivity contribution in [2.45, 2.75) is 0 Å². The third-order valence-corrected chi connectivity index (χ3v) is 3.17. The second-order valence-electron chi connectivity index (χ2n) is 4.92. The van der Waals surface area contributed by atoms with Gasteiger partial charge in [-0.3, -0.25) is 10.1 Å². The van der Waals surface area contributed by atoms with Crippen LogP contribution >= 0.6 is 0 Å². The van der Waals surface area contributed by atoms with Gasteiger partial charge in [-0.2, -0.15) is 0 Å². The minimum Gasteiger partial charge on any atom is -0.497 e. The molecular weight excluding hydrogens is 322 g/mol. The minimum absolute atomic E-state index is 0.00862. The Morgan fingerprint density at radius 2 is 1.88 bits per heavy atom. The number of ether oxygens (including phenoxy) is 1. The molecule has 4 N–H and O–H groups in total. The van der Waals surface area contributed by atoms with Crippen molar-refractivity contribution in [3.05, 3.63) is 75.8 Å². The van der Waals surface area contributed by atoms with Gasteiger partial charge < -0.3 is 16.2 Å². The van der Waals surface area contributed by atoms with E-state index in [0.717, 1.165) is 5.56 Å². The maximum absolute atomic E-state index is 10.9. The Hall–Kier alpha value is -3.68. The van der Waals surface area contributed by atoms with Crippen molar-refractivity contribution >= 4 is 23.4 Å². The molecule has 0 spiro atoms. The molecule has 0 atom stereocenters. The Morgan fingerprint density at radius 1 is 1.16 bits per heavy atom. The predicted octanol–water partition coefficient (Wildman–Crippen LogP) is 2.29. The van der Waals surface area contributed by atoms with Crippen LogP contribution in [-0.2, 0) is 0 Å². The van der Waals surface area contributed by atoms with Crippen LogP contribution < -0.4 is 16.2 Å². The highest BCUT2D eigenvalue weighted by Gasteiger charge is 2.05. The number of hydrogen-bond acceptors (Lipinski definition) is 5. The van der Waals surface area contributed by atoms with Crippen molar-refractivity contribution in [2.75, 3.05) is 7.11 Å². The van der Waals surface area contributed by atoms with Gasteiger partial charge in [0.2, 0.25) is 5.96 Å². The standard InChI is InChI=1S/C17H17N5O3/c1-25-15-8-6-13(7-9-15)16(20-21-17(18)19)10-5-12-3-2-4-14(11-12)22(23)24/h2-11H,1H3,(H4,18,19,21)/b10-5+,20-16-. The van der Waals surface area contributed by atoms with Crippen LogP contribution in [0.2, 0.25) is 0 Å². The summed E-state index contributed by atoms with van der Waals surface area (Å²) in [5, 5.41) is 18.5. The number of hydrogen-bond donors (Lipinski definition) is 2. The van der Waals surface area contributed by atoms with Crippen molar-refractivity contribution in [1.29, 1.82) is 0 Å². The number of nitrogens with two attached hydrogens (primary N) is 2. The predicted molar refractivity (Wildman–Crippen MR) is 97.5 cm³/mol. The fourth-order valence-corrected chi connectivity index (χ4v) is 1.98. The number of nitrogens with zero attached hydrogens (tertiary/aromatic N) is 3. The largest absolute Gasteiger partial charge is 0.497 e. The maximum atomic E-state index is 10.9. The summed E-state index contributed by atoms with van der Waals surface area (Å²) in [6.07, 6.45) is 3.37. The van der Waals surface area contributed by atoms with E-state index in [0.29, 0.717) is 17.0 Å². The number of rotatable bonds is 6. The van der Waals surface area contributed by atoms with E-state index < -0.39 is 4.92 Å². The Labute approximate surface area is 144 Å². The smallest absolute Gasteiger partial charge is 0.270 e. The van der Waals surface area contributed by atoms with E-state index in [4.69, 9.17) is 16.2 Å². The highest BCUT2D eigenvalue weighted by molar-refractivity contribution is 6.11. The Bertz CT molecular complexity index is 838. The molecule has 0 heterocycles. The van der Waals surface area contributed by atoms with Gasteiger partial charge in [-0.05, 0) is 35.9 Å². The SMILES string of the molecule is COc1ccc(C(/C=C/c2cccc([N+](=O)[O-])c2)=N\N=C(N)N)cc1. The van der Waals surface area contributed by atoms with Crippen LogP contribution in [0.3, 0.4) is 0 Å². The molecule has 0 aromatic heterocycles. The van der Waals surface area contributed by atoms with Crippen LogP contribution in [-0.4, -0.2) is 23.7 Å². The Kier molecular flexibility index (Phi) is 5.83. The van der Waals surface area contributed by atoms with Gasteiger partial charge >= 0.3 is 0 Å². The molecule has 0 unspecified atom stereocenters. The molecule has 0 aliphatic carbocycles. The summed E-state index contributed by atoms with van der Waals surface area (Å²) in [6, 6.07) is 13.4. The number of allylic oxidation sites excluding steroid dienone is 1. The molecule has 8 heteroatoms. The zero-order chi connectivity index (χ0) is 18.2. The van der Waals surface area contributed by atoms with E-state index in [1.165, 1.54) is 12.1 Å². The summed E-state index contributed by atoms with van der Waals surface area (Å²) < 4.78 is 5.12. The molecule has 0 radical (unpaired) electrons. The van der Waals surface area contributed by atoms with Gasteiger partial charge in [-0.25, -0.2) is 0 Å². The van der Waals surface area contributed by atoms with Crippen LogP contribution in [0.1, 0.15) is 11.1 Å². The fraction of sp³-hybridized carbons (Fsp3) is 0.0588. The minimum atomic E-state index is -0.449. The van der Waals surface area contributed by atoms with Crippen LogP contribution in [0.5, 0.6) is 5.75 Å². The van der Waals surface area contributed by atoms with E-state index in [-0.39, 0.29) is 11.6 Å². The molecule has 8 nitrogen and oxygen atoms in total. The molecule has 0 aliphatic rings. The van der Waals surface area contributed by atoms with E-state index in [2.05, 4.69) is 10.2 Å². The van der Waals surface area contributed by atoms with Crippen molar-refractivity contribution in [2.24, 2.45) is 21.7 Å². The number of non-ortho nitro benzene ring substituents is 1. The topological polar surface area (TPSA) is 129 Å². The average molecular weight is 339 g/mol. The van der Waals surface area contributed by atoms with Gasteiger partial charge in [-0.1, -0.05) is 18.2 Å². The second-order valence-corrected chi connectivity index (χ2v) is 4.92. The molecule has 2 rings (SSSR count). The highest BCUT2D eigenvalue weighted by atomic mass is 16.6. The number of methoxy groups -OCH3 is 1. The highest BCUT2D eigenvalue weighted by Crippen LogP contribution is 2.16. The molecular formula is C17H17N5O3. The number of benzene rings is 2. The van der Waals surface area contributed by atoms with Crippen molar-refractivity contribution < 1.29 is 9.66 Å². The molecule has 0 saturated carbocycles. The monoisotopic (exact) mass is 339 g/mol. The lowest BCUT2D eigenvalue weighted by Gasteiger charge is -2.03. The molecule has 25 heavy (non-hydrogen) atoms. The van der Waals surface area contributed by atoms with E-state index >= 15 is 0 Å². The van der Waals surface area contributed by atoms with Gasteiger partial charge in [0.25, 0.3) is 5.69 Å². The molecule has 2 aromatic carbocycles. The quantitative estimate of drug-likeness (QED) is 0.361. The summed E-state index contributed by atoms with van der Waals surface area (Å²) in [4.78, 5) is 10.4. The molecule has 0 bridgehead atoms. The third-order valence-electron chi connectivity index (χ3n) is 3.17. The summed E-state index contributed by atoms with van der Waals surface area (Å²) in [7, 11) is 1.58. The third kappa shape index (κ3) is 5.17. The van der Waals surface area contributed by atoms with Crippen LogP contribution in [0, 0.1) is 10.1 Å². The van der Waals surface area contributed by atoms with E-state index in [9.17, 15) is 10.1 Å². The van der Waals surface area contributed by atoms with Gasteiger partial charge in [0.15, 0.2) is 0 Å². The first-order chi connectivity index (χ1) is 12.0. The maximum Gasteiger partial charge on any atom is 0.270 e. The van der Waals surface area contributed by atoms with E-state index in [1.807, 2.05) is 0 Å². The number of nitro benzene ring substituents is 1. The average Bonchev–Trinajstić information content (AvgIpc) is 2.62. The first kappa shape index (κ1) is 17.7. The lowest BCUT2D eigenvalue weighted by atomic mass is 10.1. The second kappa shape index (κ2) is 8.25. The van der Waals surface area contributed by atoms with Gasteiger partial charge in [0.05, 0.1) is 17.7 Å². The Morgan fingerprint density at radius 3 is 2.48 bits per heavy atom. The van der Waals surface area contributed by atoms with Gasteiger partial charge in [0, 0.05) is 17.7 Å². The van der Waals surface area contributed by atoms with Crippen LogP contribution in [0.25, 0.3) is 6.08 Å². The summed E-state index contributed by atoms with van der Waals surface area (Å²) in [6.45, 7) is 0. The number of nitro groups is 1. The normalized spacial score (nSPS) is 11.3. The molecule has 0 aliphatic heterocycles. The lowest BCUT2D eigenvalue weighted by Crippen LogP contribution is -2.22.